The molecule has 0 spiro atoms. The van der Waals surface area contributed by atoms with E-state index in [0.29, 0.717) is 6.42 Å². The molecule has 0 saturated carbocycles. The summed E-state index contributed by atoms with van der Waals surface area (Å²) in [4.78, 5) is 26.7. The van der Waals surface area contributed by atoms with Gasteiger partial charge >= 0.3 is 5.97 Å². The Morgan fingerprint density at radius 2 is 1.59 bits per heavy atom. The van der Waals surface area contributed by atoms with Crippen LogP contribution in [-0.4, -0.2) is 35.5 Å². The van der Waals surface area contributed by atoms with Gasteiger partial charge in [0.1, 0.15) is 6.10 Å². The van der Waals surface area contributed by atoms with Crippen molar-refractivity contribution >= 4 is 11.9 Å². The van der Waals surface area contributed by atoms with Gasteiger partial charge in [-0.15, -0.1) is 0 Å². The van der Waals surface area contributed by atoms with E-state index >= 15 is 0 Å². The Balaban J connectivity index is 3.29. The van der Waals surface area contributed by atoms with Crippen molar-refractivity contribution in [2.45, 2.75) is 120 Å². The van der Waals surface area contributed by atoms with Crippen molar-refractivity contribution in [3.63, 3.8) is 0 Å². The van der Waals surface area contributed by atoms with Gasteiger partial charge in [-0.3, -0.25) is 9.59 Å². The summed E-state index contributed by atoms with van der Waals surface area (Å²) in [5, 5.41) is 0. The van der Waals surface area contributed by atoms with Crippen LogP contribution in [0.25, 0.3) is 0 Å². The predicted molar refractivity (Wildman–Crippen MR) is 121 cm³/mol. The zero-order chi connectivity index (χ0) is 22.8. The van der Waals surface area contributed by atoms with Crippen LogP contribution in [0.2, 0.25) is 0 Å². The van der Waals surface area contributed by atoms with Crippen LogP contribution in [0.1, 0.15) is 108 Å². The molecule has 1 aliphatic rings. The molecule has 4 heteroatoms. The Morgan fingerprint density at radius 3 is 1.97 bits per heavy atom. The van der Waals surface area contributed by atoms with Gasteiger partial charge in [0.2, 0.25) is 5.91 Å². The second kappa shape index (κ2) is 8.98. The lowest BCUT2D eigenvalue weighted by molar-refractivity contribution is -0.158. The van der Waals surface area contributed by atoms with E-state index in [1.807, 2.05) is 0 Å². The number of likely N-dealkylation sites (tertiary alicyclic amines) is 1. The van der Waals surface area contributed by atoms with Crippen LogP contribution in [-0.2, 0) is 14.3 Å². The Kier molecular flexibility index (Phi) is 8.04. The molecule has 1 aliphatic heterocycles. The fourth-order valence-electron chi connectivity index (χ4n) is 4.42. The average molecular weight is 410 g/mol. The van der Waals surface area contributed by atoms with Crippen molar-refractivity contribution in [3.8, 4) is 0 Å². The zero-order valence-corrected chi connectivity index (χ0v) is 21.1. The number of esters is 1. The van der Waals surface area contributed by atoms with Crippen LogP contribution >= 0.6 is 0 Å². The van der Waals surface area contributed by atoms with E-state index in [2.05, 4.69) is 74.1 Å². The van der Waals surface area contributed by atoms with Crippen molar-refractivity contribution in [2.24, 2.45) is 21.7 Å². The maximum Gasteiger partial charge on any atom is 0.302 e. The summed E-state index contributed by atoms with van der Waals surface area (Å²) >= 11 is 0. The van der Waals surface area contributed by atoms with E-state index < -0.39 is 0 Å². The molecule has 170 valence electrons. The van der Waals surface area contributed by atoms with E-state index in [-0.39, 0.29) is 45.7 Å². The van der Waals surface area contributed by atoms with Crippen molar-refractivity contribution in [1.29, 1.82) is 0 Å². The van der Waals surface area contributed by atoms with Crippen LogP contribution in [0.4, 0.5) is 0 Å². The molecule has 0 aromatic rings. The summed E-state index contributed by atoms with van der Waals surface area (Å²) in [5.41, 5.74) is -0.234. The van der Waals surface area contributed by atoms with Gasteiger partial charge in [0, 0.05) is 31.3 Å². The first-order valence-corrected chi connectivity index (χ1v) is 11.4. The highest BCUT2D eigenvalue weighted by Gasteiger charge is 2.50. The number of hydrogen-bond acceptors (Lipinski definition) is 3. The van der Waals surface area contributed by atoms with E-state index in [4.69, 9.17) is 4.74 Å². The molecule has 2 unspecified atom stereocenters. The van der Waals surface area contributed by atoms with Gasteiger partial charge in [0.05, 0.1) is 0 Å². The fourth-order valence-corrected chi connectivity index (χ4v) is 4.42. The second-order valence-electron chi connectivity index (χ2n) is 12.2. The first kappa shape index (κ1) is 26.0. The van der Waals surface area contributed by atoms with E-state index in [1.165, 1.54) is 6.92 Å². The number of ether oxygens (including phenoxy) is 1. The quantitative estimate of drug-likeness (QED) is 0.424. The van der Waals surface area contributed by atoms with Crippen molar-refractivity contribution in [2.75, 3.05) is 6.54 Å². The molecule has 1 rings (SSSR count). The minimum absolute atomic E-state index is 0.0952. The van der Waals surface area contributed by atoms with Gasteiger partial charge in [-0.25, -0.2) is 0 Å². The number of rotatable bonds is 9. The SMILES string of the molecule is CCC(C)(C)C(CC(C)(C)C(C)(C)C(CC(C)(C)C)N1CCCC1=O)OC(C)=O. The molecule has 1 fully saturated rings. The molecule has 1 heterocycles. The maximum atomic E-state index is 12.7. The largest absolute Gasteiger partial charge is 0.462 e. The minimum Gasteiger partial charge on any atom is -0.462 e. The molecule has 0 radical (unpaired) electrons. The molecule has 0 bridgehead atoms. The first-order chi connectivity index (χ1) is 12.9. The fraction of sp³-hybridized carbons (Fsp3) is 0.920. The van der Waals surface area contributed by atoms with Gasteiger partial charge in [0.15, 0.2) is 0 Å². The molecule has 0 aliphatic carbocycles. The molecule has 1 amide bonds. The molecule has 0 aromatic carbocycles. The highest BCUT2D eigenvalue weighted by molar-refractivity contribution is 5.78. The molecule has 2 atom stereocenters. The normalized spacial score (nSPS) is 18.7. The Bertz CT molecular complexity index is 583. The van der Waals surface area contributed by atoms with Crippen LogP contribution < -0.4 is 0 Å². The maximum absolute atomic E-state index is 12.7. The third-order valence-electron chi connectivity index (χ3n) is 7.66. The molecule has 0 N–H and O–H groups in total. The molecule has 0 aromatic heterocycles. The number of amides is 1. The molecule has 4 nitrogen and oxygen atoms in total. The summed E-state index contributed by atoms with van der Waals surface area (Å²) in [7, 11) is 0. The molecule has 29 heavy (non-hydrogen) atoms. The summed E-state index contributed by atoms with van der Waals surface area (Å²) in [6, 6.07) is 0.162. The highest BCUT2D eigenvalue weighted by atomic mass is 16.5. The minimum atomic E-state index is -0.217. The van der Waals surface area contributed by atoms with Crippen molar-refractivity contribution < 1.29 is 14.3 Å². The molecular formula is C25H47NO3. The van der Waals surface area contributed by atoms with Crippen LogP contribution in [0, 0.1) is 21.7 Å². The van der Waals surface area contributed by atoms with Gasteiger partial charge in [-0.2, -0.15) is 0 Å². The van der Waals surface area contributed by atoms with Crippen molar-refractivity contribution in [1.82, 2.24) is 4.90 Å². The Labute approximate surface area is 180 Å². The van der Waals surface area contributed by atoms with E-state index in [9.17, 15) is 9.59 Å². The second-order valence-corrected chi connectivity index (χ2v) is 12.2. The average Bonchev–Trinajstić information content (AvgIpc) is 2.96. The lowest BCUT2D eigenvalue weighted by Gasteiger charge is -2.53. The molecule has 1 saturated heterocycles. The number of nitrogens with zero attached hydrogens (tertiary/aromatic N) is 1. The van der Waals surface area contributed by atoms with E-state index in [0.717, 1.165) is 32.2 Å². The number of carbonyl (C=O) groups excluding carboxylic acids is 2. The van der Waals surface area contributed by atoms with Crippen LogP contribution in [0.3, 0.4) is 0 Å². The molecular weight excluding hydrogens is 362 g/mol. The summed E-state index contributed by atoms with van der Waals surface area (Å²) in [6.07, 6.45) is 4.15. The lowest BCUT2D eigenvalue weighted by Crippen LogP contribution is -2.55. The topological polar surface area (TPSA) is 46.6 Å². The zero-order valence-electron chi connectivity index (χ0n) is 21.1. The van der Waals surface area contributed by atoms with Gasteiger partial charge in [-0.05, 0) is 41.9 Å². The standard InChI is InChI=1S/C25H47NO3/c1-12-23(6,7)20(29-18(2)27)17-24(8,9)25(10,11)19(16-22(3,4)5)26-15-13-14-21(26)28/h19-20H,12-17H2,1-11H3. The van der Waals surface area contributed by atoms with E-state index in [1.54, 1.807) is 0 Å². The number of hydrogen-bond donors (Lipinski definition) is 0. The van der Waals surface area contributed by atoms with Gasteiger partial charge in [-0.1, -0.05) is 69.2 Å². The third kappa shape index (κ3) is 6.46. The Morgan fingerprint density at radius 1 is 1.03 bits per heavy atom. The van der Waals surface area contributed by atoms with Crippen LogP contribution in [0.5, 0.6) is 0 Å². The van der Waals surface area contributed by atoms with Crippen LogP contribution in [0.15, 0.2) is 0 Å². The predicted octanol–water partition coefficient (Wildman–Crippen LogP) is 6.22. The first-order valence-electron chi connectivity index (χ1n) is 11.4. The highest BCUT2D eigenvalue weighted by Crippen LogP contribution is 2.51. The Hall–Kier alpha value is -1.06. The summed E-state index contributed by atoms with van der Waals surface area (Å²) in [6.45, 7) is 24.8. The lowest BCUT2D eigenvalue weighted by atomic mass is 9.57. The third-order valence-corrected chi connectivity index (χ3v) is 7.66. The smallest absolute Gasteiger partial charge is 0.302 e. The van der Waals surface area contributed by atoms with Gasteiger partial charge in [0.25, 0.3) is 0 Å². The number of carbonyl (C=O) groups is 2. The van der Waals surface area contributed by atoms with Gasteiger partial charge < -0.3 is 9.64 Å². The summed E-state index contributed by atoms with van der Waals surface area (Å²) < 4.78 is 5.84. The summed E-state index contributed by atoms with van der Waals surface area (Å²) in [5.74, 6) is 0.0691. The van der Waals surface area contributed by atoms with Crippen molar-refractivity contribution in [3.05, 3.63) is 0 Å². The monoisotopic (exact) mass is 409 g/mol.